The molecule has 0 aliphatic rings. The van der Waals surface area contributed by atoms with E-state index < -0.39 is 5.82 Å². The highest BCUT2D eigenvalue weighted by molar-refractivity contribution is 7.09. The lowest BCUT2D eigenvalue weighted by molar-refractivity contribution is -0.123. The van der Waals surface area contributed by atoms with Gasteiger partial charge in [-0.2, -0.15) is 0 Å². The van der Waals surface area contributed by atoms with Gasteiger partial charge in [0.05, 0.1) is 5.01 Å². The van der Waals surface area contributed by atoms with Crippen molar-refractivity contribution in [2.75, 3.05) is 13.2 Å². The third-order valence-electron chi connectivity index (χ3n) is 2.34. The number of hydrogen-bond donors (Lipinski definition) is 1. The number of nitrogens with one attached hydrogen (secondary N) is 1. The van der Waals surface area contributed by atoms with Crippen molar-refractivity contribution in [2.45, 2.75) is 6.42 Å². The second-order valence-corrected chi connectivity index (χ2v) is 4.72. The number of benzene rings is 1. The lowest BCUT2D eigenvalue weighted by Crippen LogP contribution is -2.30. The lowest BCUT2D eigenvalue weighted by atomic mass is 10.3. The summed E-state index contributed by atoms with van der Waals surface area (Å²) in [6, 6.07) is 5.99. The summed E-state index contributed by atoms with van der Waals surface area (Å²) in [5.74, 6) is -0.671. The molecule has 100 valence electrons. The monoisotopic (exact) mass is 280 g/mol. The summed E-state index contributed by atoms with van der Waals surface area (Å²) >= 11 is 1.54. The van der Waals surface area contributed by atoms with Crippen LogP contribution in [0.5, 0.6) is 5.75 Å². The van der Waals surface area contributed by atoms with Gasteiger partial charge < -0.3 is 10.1 Å². The Bertz CT molecular complexity index is 531. The molecular formula is C13H13FN2O2S. The zero-order chi connectivity index (χ0) is 13.5. The Hall–Kier alpha value is -1.95. The molecule has 0 aliphatic heterocycles. The number of ether oxygens (including phenoxy) is 1. The molecule has 0 saturated carbocycles. The molecular weight excluding hydrogens is 267 g/mol. The van der Waals surface area contributed by atoms with Crippen LogP contribution in [0.2, 0.25) is 0 Å². The molecule has 0 aliphatic carbocycles. The van der Waals surface area contributed by atoms with Gasteiger partial charge in [0.2, 0.25) is 0 Å². The third-order valence-corrected chi connectivity index (χ3v) is 3.18. The van der Waals surface area contributed by atoms with E-state index in [-0.39, 0.29) is 18.3 Å². The molecule has 1 aromatic carbocycles. The first-order valence-corrected chi connectivity index (χ1v) is 6.66. The Kier molecular flexibility index (Phi) is 4.85. The Morgan fingerprint density at radius 1 is 1.42 bits per heavy atom. The minimum atomic E-state index is -0.474. The molecule has 0 bridgehead atoms. The quantitative estimate of drug-likeness (QED) is 0.880. The largest absolute Gasteiger partial charge is 0.481 e. The number of carbonyl (C=O) groups is 1. The highest BCUT2D eigenvalue weighted by Crippen LogP contribution is 2.14. The van der Waals surface area contributed by atoms with E-state index in [1.54, 1.807) is 29.7 Å². The molecule has 1 heterocycles. The predicted octanol–water partition coefficient (Wildman–Crippen LogP) is 2.02. The van der Waals surface area contributed by atoms with Crippen LogP contribution in [0.15, 0.2) is 35.8 Å². The van der Waals surface area contributed by atoms with Gasteiger partial charge in [0, 0.05) is 24.5 Å². The van der Waals surface area contributed by atoms with Crippen molar-refractivity contribution in [1.82, 2.24) is 10.3 Å². The van der Waals surface area contributed by atoms with Crippen molar-refractivity contribution in [2.24, 2.45) is 0 Å². The van der Waals surface area contributed by atoms with Crippen LogP contribution >= 0.6 is 11.3 Å². The van der Waals surface area contributed by atoms with Crippen molar-refractivity contribution in [3.63, 3.8) is 0 Å². The summed E-state index contributed by atoms with van der Waals surface area (Å²) in [5, 5.41) is 5.55. The molecule has 0 radical (unpaired) electrons. The van der Waals surface area contributed by atoms with Gasteiger partial charge in [-0.05, 0) is 12.1 Å². The van der Waals surface area contributed by atoms with Gasteiger partial charge in [-0.1, -0.05) is 12.1 Å². The number of para-hydroxylation sites is 1. The van der Waals surface area contributed by atoms with Gasteiger partial charge in [-0.15, -0.1) is 11.3 Å². The number of amides is 1. The normalized spacial score (nSPS) is 10.2. The summed E-state index contributed by atoms with van der Waals surface area (Å²) in [6.45, 7) is 0.297. The lowest BCUT2D eigenvalue weighted by Gasteiger charge is -2.07. The zero-order valence-electron chi connectivity index (χ0n) is 10.1. The van der Waals surface area contributed by atoms with Gasteiger partial charge in [0.15, 0.2) is 18.2 Å². The van der Waals surface area contributed by atoms with Crippen LogP contribution in [0.3, 0.4) is 0 Å². The number of aromatic nitrogens is 1. The summed E-state index contributed by atoms with van der Waals surface area (Å²) < 4.78 is 18.3. The van der Waals surface area contributed by atoms with E-state index in [1.807, 2.05) is 5.38 Å². The molecule has 0 spiro atoms. The van der Waals surface area contributed by atoms with Crippen LogP contribution < -0.4 is 10.1 Å². The van der Waals surface area contributed by atoms with Crippen LogP contribution in [0.4, 0.5) is 4.39 Å². The molecule has 1 aromatic heterocycles. The fourth-order valence-electron chi connectivity index (χ4n) is 1.44. The summed E-state index contributed by atoms with van der Waals surface area (Å²) in [7, 11) is 0. The minimum absolute atomic E-state index is 0.0811. The number of hydrogen-bond acceptors (Lipinski definition) is 4. The second-order valence-electron chi connectivity index (χ2n) is 3.74. The highest BCUT2D eigenvalue weighted by atomic mass is 32.1. The van der Waals surface area contributed by atoms with Crippen molar-refractivity contribution < 1.29 is 13.9 Å². The van der Waals surface area contributed by atoms with E-state index >= 15 is 0 Å². The first kappa shape index (κ1) is 13.5. The molecule has 2 rings (SSSR count). The molecule has 4 nitrogen and oxygen atoms in total. The minimum Gasteiger partial charge on any atom is -0.481 e. The zero-order valence-corrected chi connectivity index (χ0v) is 11.0. The number of halogens is 1. The summed E-state index contributed by atoms with van der Waals surface area (Å²) in [5.41, 5.74) is 0. The van der Waals surface area contributed by atoms with Crippen LogP contribution in [0.1, 0.15) is 5.01 Å². The molecule has 6 heteroatoms. The molecule has 0 unspecified atom stereocenters. The van der Waals surface area contributed by atoms with Crippen LogP contribution in [-0.2, 0) is 11.2 Å². The molecule has 1 N–H and O–H groups in total. The van der Waals surface area contributed by atoms with E-state index in [9.17, 15) is 9.18 Å². The van der Waals surface area contributed by atoms with Crippen LogP contribution in [0.25, 0.3) is 0 Å². The SMILES string of the molecule is O=C(COc1ccccc1F)NCCc1nccs1. The third kappa shape index (κ3) is 4.33. The van der Waals surface area contributed by atoms with Crippen molar-refractivity contribution >= 4 is 17.2 Å². The predicted molar refractivity (Wildman–Crippen MR) is 70.7 cm³/mol. The van der Waals surface area contributed by atoms with E-state index in [0.29, 0.717) is 13.0 Å². The topological polar surface area (TPSA) is 51.2 Å². The molecule has 0 atom stereocenters. The first-order chi connectivity index (χ1) is 9.25. The standard InChI is InChI=1S/C13H13FN2O2S/c14-10-3-1-2-4-11(10)18-9-12(17)15-6-5-13-16-7-8-19-13/h1-4,7-8H,5-6,9H2,(H,15,17). The maximum atomic E-state index is 13.2. The number of carbonyl (C=O) groups excluding carboxylic acids is 1. The molecule has 0 saturated heterocycles. The summed E-state index contributed by atoms with van der Waals surface area (Å²) in [6.07, 6.45) is 2.41. The number of thiazole rings is 1. The molecule has 2 aromatic rings. The van der Waals surface area contributed by atoms with E-state index in [1.165, 1.54) is 12.1 Å². The van der Waals surface area contributed by atoms with Gasteiger partial charge in [0.25, 0.3) is 5.91 Å². The van der Waals surface area contributed by atoms with Gasteiger partial charge >= 0.3 is 0 Å². The van der Waals surface area contributed by atoms with Crippen molar-refractivity contribution in [1.29, 1.82) is 0 Å². The van der Waals surface area contributed by atoms with Crippen molar-refractivity contribution in [3.05, 3.63) is 46.7 Å². The second kappa shape index (κ2) is 6.84. The first-order valence-electron chi connectivity index (χ1n) is 5.78. The Labute approximate surface area is 114 Å². The van der Waals surface area contributed by atoms with E-state index in [4.69, 9.17) is 4.74 Å². The van der Waals surface area contributed by atoms with E-state index in [0.717, 1.165) is 5.01 Å². The fourth-order valence-corrected chi connectivity index (χ4v) is 2.06. The average molecular weight is 280 g/mol. The fraction of sp³-hybridized carbons (Fsp3) is 0.231. The maximum absolute atomic E-state index is 13.2. The maximum Gasteiger partial charge on any atom is 0.257 e. The van der Waals surface area contributed by atoms with E-state index in [2.05, 4.69) is 10.3 Å². The van der Waals surface area contributed by atoms with Gasteiger partial charge in [-0.25, -0.2) is 9.37 Å². The highest BCUT2D eigenvalue weighted by Gasteiger charge is 2.06. The van der Waals surface area contributed by atoms with Gasteiger partial charge in [0.1, 0.15) is 0 Å². The van der Waals surface area contributed by atoms with Crippen LogP contribution in [0, 0.1) is 5.82 Å². The smallest absolute Gasteiger partial charge is 0.257 e. The van der Waals surface area contributed by atoms with Gasteiger partial charge in [-0.3, -0.25) is 4.79 Å². The average Bonchev–Trinajstić information content (AvgIpc) is 2.91. The Morgan fingerprint density at radius 2 is 2.26 bits per heavy atom. The molecule has 0 fully saturated rings. The Balaban J connectivity index is 1.69. The van der Waals surface area contributed by atoms with Crippen molar-refractivity contribution in [3.8, 4) is 5.75 Å². The Morgan fingerprint density at radius 3 is 3.00 bits per heavy atom. The molecule has 19 heavy (non-hydrogen) atoms. The number of rotatable bonds is 6. The van der Waals surface area contributed by atoms with Crippen LogP contribution in [-0.4, -0.2) is 24.0 Å². The number of nitrogens with zero attached hydrogens (tertiary/aromatic N) is 1. The molecule has 1 amide bonds. The summed E-state index contributed by atoms with van der Waals surface area (Å²) in [4.78, 5) is 15.6.